The van der Waals surface area contributed by atoms with Gasteiger partial charge in [0.05, 0.1) is 5.41 Å². The fourth-order valence-corrected chi connectivity index (χ4v) is 2.21. The normalized spacial score (nSPS) is 11.5. The van der Waals surface area contributed by atoms with Crippen LogP contribution in [0.15, 0.2) is 59.1 Å². The minimum absolute atomic E-state index is 0.333. The zero-order valence-electron chi connectivity index (χ0n) is 12.1. The summed E-state index contributed by atoms with van der Waals surface area (Å²) in [5.41, 5.74) is 8.10. The minimum atomic E-state index is -0.333. The Hall–Kier alpha value is -2.62. The Labute approximate surface area is 123 Å². The van der Waals surface area contributed by atoms with Crippen molar-refractivity contribution in [2.75, 3.05) is 5.73 Å². The summed E-state index contributed by atoms with van der Waals surface area (Å²) >= 11 is 0. The van der Waals surface area contributed by atoms with Crippen molar-refractivity contribution in [3.8, 4) is 11.4 Å². The van der Waals surface area contributed by atoms with Crippen LogP contribution in [0.25, 0.3) is 11.4 Å². The molecule has 3 rings (SSSR count). The summed E-state index contributed by atoms with van der Waals surface area (Å²) in [6, 6.07) is 17.6. The highest BCUT2D eigenvalue weighted by atomic mass is 16.5. The summed E-state index contributed by atoms with van der Waals surface area (Å²) in [6.45, 7) is 4.14. The lowest BCUT2D eigenvalue weighted by Gasteiger charge is -2.20. The molecule has 21 heavy (non-hydrogen) atoms. The maximum atomic E-state index is 5.69. The lowest BCUT2D eigenvalue weighted by molar-refractivity contribution is 0.333. The fourth-order valence-electron chi connectivity index (χ4n) is 2.21. The molecule has 0 unspecified atom stereocenters. The van der Waals surface area contributed by atoms with Gasteiger partial charge in [-0.25, -0.2) is 0 Å². The van der Waals surface area contributed by atoms with Gasteiger partial charge >= 0.3 is 0 Å². The number of aromatic nitrogens is 2. The Balaban J connectivity index is 1.96. The third-order valence-corrected chi connectivity index (χ3v) is 3.63. The van der Waals surface area contributed by atoms with E-state index in [1.165, 1.54) is 0 Å². The second-order valence-corrected chi connectivity index (χ2v) is 5.54. The van der Waals surface area contributed by atoms with Crippen molar-refractivity contribution in [1.82, 2.24) is 10.1 Å². The van der Waals surface area contributed by atoms with Gasteiger partial charge in [0.2, 0.25) is 11.7 Å². The molecule has 0 fully saturated rings. The van der Waals surface area contributed by atoms with Crippen LogP contribution in [-0.4, -0.2) is 10.1 Å². The Kier molecular flexibility index (Phi) is 3.22. The summed E-state index contributed by atoms with van der Waals surface area (Å²) in [4.78, 5) is 4.54. The summed E-state index contributed by atoms with van der Waals surface area (Å²) in [5.74, 6) is 1.18. The Morgan fingerprint density at radius 2 is 1.62 bits per heavy atom. The monoisotopic (exact) mass is 279 g/mol. The Morgan fingerprint density at radius 3 is 2.29 bits per heavy atom. The Bertz CT molecular complexity index is 730. The third-order valence-electron chi connectivity index (χ3n) is 3.63. The number of nitrogens with two attached hydrogens (primary N) is 1. The van der Waals surface area contributed by atoms with Gasteiger partial charge in [-0.15, -0.1) is 0 Å². The first kappa shape index (κ1) is 13.4. The van der Waals surface area contributed by atoms with Crippen LogP contribution in [0, 0.1) is 0 Å². The summed E-state index contributed by atoms with van der Waals surface area (Å²) in [6.07, 6.45) is 0. The average Bonchev–Trinajstić information content (AvgIpc) is 2.99. The van der Waals surface area contributed by atoms with Gasteiger partial charge in [-0.2, -0.15) is 4.98 Å². The van der Waals surface area contributed by atoms with Crippen molar-refractivity contribution in [3.63, 3.8) is 0 Å². The van der Waals surface area contributed by atoms with Crippen LogP contribution in [0.3, 0.4) is 0 Å². The molecule has 0 aliphatic rings. The SMILES string of the molecule is CC(C)(c1ccccc1)c1nc(-c2ccc(N)cc2)no1. The maximum absolute atomic E-state index is 5.69. The summed E-state index contributed by atoms with van der Waals surface area (Å²) in [7, 11) is 0. The molecule has 1 heterocycles. The smallest absolute Gasteiger partial charge is 0.237 e. The van der Waals surface area contributed by atoms with Crippen LogP contribution in [0.2, 0.25) is 0 Å². The van der Waals surface area contributed by atoms with Crippen LogP contribution in [0.4, 0.5) is 5.69 Å². The molecule has 1 aromatic heterocycles. The second-order valence-electron chi connectivity index (χ2n) is 5.54. The van der Waals surface area contributed by atoms with Gasteiger partial charge in [0.1, 0.15) is 0 Å². The number of nitrogens with zero attached hydrogens (tertiary/aromatic N) is 2. The maximum Gasteiger partial charge on any atom is 0.237 e. The van der Waals surface area contributed by atoms with E-state index in [0.717, 1.165) is 11.1 Å². The molecule has 2 aromatic carbocycles. The Morgan fingerprint density at radius 1 is 0.952 bits per heavy atom. The van der Waals surface area contributed by atoms with E-state index < -0.39 is 0 Å². The molecule has 0 aliphatic carbocycles. The minimum Gasteiger partial charge on any atom is -0.399 e. The molecule has 0 saturated heterocycles. The molecule has 4 nitrogen and oxygen atoms in total. The number of anilines is 1. The summed E-state index contributed by atoms with van der Waals surface area (Å²) < 4.78 is 5.48. The molecule has 0 bridgehead atoms. The quantitative estimate of drug-likeness (QED) is 0.743. The van der Waals surface area contributed by atoms with E-state index in [9.17, 15) is 0 Å². The van der Waals surface area contributed by atoms with Crippen molar-refractivity contribution in [3.05, 3.63) is 66.1 Å². The molecule has 0 saturated carbocycles. The number of benzene rings is 2. The van der Waals surface area contributed by atoms with E-state index >= 15 is 0 Å². The lowest BCUT2D eigenvalue weighted by atomic mass is 9.84. The highest BCUT2D eigenvalue weighted by Gasteiger charge is 2.29. The standard InChI is InChI=1S/C17H17N3O/c1-17(2,13-6-4-3-5-7-13)16-19-15(20-21-16)12-8-10-14(18)11-9-12/h3-11H,18H2,1-2H3. The molecule has 0 amide bonds. The van der Waals surface area contributed by atoms with Crippen LogP contribution in [-0.2, 0) is 5.41 Å². The van der Waals surface area contributed by atoms with Crippen molar-refractivity contribution in [2.45, 2.75) is 19.3 Å². The molecule has 2 N–H and O–H groups in total. The molecular formula is C17H17N3O. The van der Waals surface area contributed by atoms with Gasteiger partial charge in [0, 0.05) is 11.3 Å². The molecule has 0 atom stereocenters. The van der Waals surface area contributed by atoms with E-state index in [-0.39, 0.29) is 5.41 Å². The van der Waals surface area contributed by atoms with Crippen LogP contribution in [0.5, 0.6) is 0 Å². The van der Waals surface area contributed by atoms with Crippen LogP contribution >= 0.6 is 0 Å². The first-order valence-electron chi connectivity index (χ1n) is 6.83. The molecule has 106 valence electrons. The number of hydrogen-bond acceptors (Lipinski definition) is 4. The van der Waals surface area contributed by atoms with E-state index in [2.05, 4.69) is 36.1 Å². The first-order valence-corrected chi connectivity index (χ1v) is 6.83. The van der Waals surface area contributed by atoms with E-state index in [1.54, 1.807) is 0 Å². The van der Waals surface area contributed by atoms with E-state index in [0.29, 0.717) is 17.4 Å². The van der Waals surface area contributed by atoms with Gasteiger partial charge in [-0.1, -0.05) is 35.5 Å². The van der Waals surface area contributed by atoms with Crippen molar-refractivity contribution in [2.24, 2.45) is 0 Å². The van der Waals surface area contributed by atoms with Crippen molar-refractivity contribution < 1.29 is 4.52 Å². The second kappa shape index (κ2) is 5.05. The highest BCUT2D eigenvalue weighted by molar-refractivity contribution is 5.58. The van der Waals surface area contributed by atoms with Crippen molar-refractivity contribution >= 4 is 5.69 Å². The average molecular weight is 279 g/mol. The predicted molar refractivity (Wildman–Crippen MR) is 82.7 cm³/mol. The molecule has 3 aromatic rings. The van der Waals surface area contributed by atoms with E-state index in [1.807, 2.05) is 42.5 Å². The lowest BCUT2D eigenvalue weighted by Crippen LogP contribution is -2.19. The van der Waals surface area contributed by atoms with Crippen LogP contribution < -0.4 is 5.73 Å². The van der Waals surface area contributed by atoms with Crippen LogP contribution in [0.1, 0.15) is 25.3 Å². The van der Waals surface area contributed by atoms with Gasteiger partial charge in [0.25, 0.3) is 0 Å². The highest BCUT2D eigenvalue weighted by Crippen LogP contribution is 2.31. The zero-order chi connectivity index (χ0) is 14.9. The molecule has 0 radical (unpaired) electrons. The molecule has 4 heteroatoms. The van der Waals surface area contributed by atoms with E-state index in [4.69, 9.17) is 10.3 Å². The predicted octanol–water partition coefficient (Wildman–Crippen LogP) is 3.64. The largest absolute Gasteiger partial charge is 0.399 e. The fraction of sp³-hybridized carbons (Fsp3) is 0.176. The summed E-state index contributed by atoms with van der Waals surface area (Å²) in [5, 5.41) is 4.08. The number of hydrogen-bond donors (Lipinski definition) is 1. The topological polar surface area (TPSA) is 64.9 Å². The third kappa shape index (κ3) is 2.52. The van der Waals surface area contributed by atoms with Gasteiger partial charge in [-0.3, -0.25) is 0 Å². The number of nitrogen functional groups attached to an aromatic ring is 1. The van der Waals surface area contributed by atoms with Gasteiger partial charge in [0.15, 0.2) is 0 Å². The first-order chi connectivity index (χ1) is 10.1. The van der Waals surface area contributed by atoms with Gasteiger partial charge in [-0.05, 0) is 43.7 Å². The molecule has 0 aliphatic heterocycles. The molecular weight excluding hydrogens is 262 g/mol. The van der Waals surface area contributed by atoms with Crippen molar-refractivity contribution in [1.29, 1.82) is 0 Å². The molecule has 0 spiro atoms. The number of rotatable bonds is 3. The van der Waals surface area contributed by atoms with Gasteiger partial charge < -0.3 is 10.3 Å². The zero-order valence-corrected chi connectivity index (χ0v) is 12.1.